The number of rotatable bonds is 5. The van der Waals surface area contributed by atoms with Crippen molar-refractivity contribution < 1.29 is 24.2 Å². The van der Waals surface area contributed by atoms with E-state index in [0.29, 0.717) is 0 Å². The van der Waals surface area contributed by atoms with Crippen molar-refractivity contribution in [3.05, 3.63) is 49.9 Å². The van der Waals surface area contributed by atoms with Crippen LogP contribution in [0.2, 0.25) is 20.1 Å². The van der Waals surface area contributed by atoms with Crippen LogP contribution in [0, 0.1) is 0 Å². The Morgan fingerprint density at radius 3 is 2.23 bits per heavy atom. The van der Waals surface area contributed by atoms with Gasteiger partial charge in [-0.1, -0.05) is 46.4 Å². The minimum Gasteiger partial charge on any atom is -0.506 e. The lowest BCUT2D eigenvalue weighted by atomic mass is 10.1. The highest BCUT2D eigenvalue weighted by Gasteiger charge is 2.18. The highest BCUT2D eigenvalue weighted by molar-refractivity contribution is 6.38. The van der Waals surface area contributed by atoms with Crippen molar-refractivity contribution >= 4 is 64.0 Å². The summed E-state index contributed by atoms with van der Waals surface area (Å²) < 4.78 is 9.64. The minimum absolute atomic E-state index is 0.0602. The first-order chi connectivity index (χ1) is 12.2. The Morgan fingerprint density at radius 2 is 1.65 bits per heavy atom. The number of carbonyl (C=O) groups is 2. The highest BCUT2D eigenvalue weighted by atomic mass is 35.5. The Labute approximate surface area is 168 Å². The van der Waals surface area contributed by atoms with Crippen LogP contribution in [0.4, 0.5) is 5.69 Å². The second kappa shape index (κ2) is 8.68. The summed E-state index contributed by atoms with van der Waals surface area (Å²) in [5.41, 5.74) is 0.103. The van der Waals surface area contributed by atoms with Gasteiger partial charge in [0.1, 0.15) is 5.75 Å². The Morgan fingerprint density at radius 1 is 1.04 bits per heavy atom. The molecule has 0 spiro atoms. The van der Waals surface area contributed by atoms with Gasteiger partial charge in [-0.15, -0.1) is 0 Å². The van der Waals surface area contributed by atoms with Gasteiger partial charge in [0.2, 0.25) is 0 Å². The molecule has 2 aromatic carbocycles. The van der Waals surface area contributed by atoms with Gasteiger partial charge in [-0.05, 0) is 24.3 Å². The van der Waals surface area contributed by atoms with Gasteiger partial charge in [0.25, 0.3) is 5.91 Å². The number of carbonyl (C=O) groups excluding carboxylic acids is 2. The van der Waals surface area contributed by atoms with E-state index in [2.05, 4.69) is 10.1 Å². The van der Waals surface area contributed by atoms with Gasteiger partial charge in [0.05, 0.1) is 27.7 Å². The monoisotopic (exact) mass is 437 g/mol. The van der Waals surface area contributed by atoms with E-state index >= 15 is 0 Å². The Balaban J connectivity index is 2.23. The van der Waals surface area contributed by atoms with Gasteiger partial charge in [0.15, 0.2) is 12.4 Å². The van der Waals surface area contributed by atoms with Crippen LogP contribution in [0.5, 0.6) is 11.5 Å². The van der Waals surface area contributed by atoms with Crippen LogP contribution in [0.3, 0.4) is 0 Å². The number of anilines is 1. The van der Waals surface area contributed by atoms with Crippen LogP contribution in [0.1, 0.15) is 10.4 Å². The summed E-state index contributed by atoms with van der Waals surface area (Å²) in [6.45, 7) is -0.378. The molecule has 0 unspecified atom stereocenters. The molecule has 0 aromatic heterocycles. The predicted octanol–water partition coefficient (Wildman–Crippen LogP) is 4.81. The average Bonchev–Trinajstić information content (AvgIpc) is 2.56. The van der Waals surface area contributed by atoms with E-state index in [0.717, 1.165) is 0 Å². The zero-order chi connectivity index (χ0) is 19.4. The SMILES string of the molecule is COC(=O)COc1c(Cl)cc(NC(=O)c2cc(Cl)cc(Cl)c2O)cc1Cl. The maximum absolute atomic E-state index is 12.3. The van der Waals surface area contributed by atoms with Gasteiger partial charge in [0, 0.05) is 10.7 Å². The number of hydrogen-bond donors (Lipinski definition) is 2. The number of methoxy groups -OCH3 is 1. The zero-order valence-electron chi connectivity index (χ0n) is 13.1. The van der Waals surface area contributed by atoms with E-state index in [9.17, 15) is 14.7 Å². The number of aromatic hydroxyl groups is 1. The molecule has 0 radical (unpaired) electrons. The maximum atomic E-state index is 12.3. The summed E-state index contributed by atoms with van der Waals surface area (Å²) in [6.07, 6.45) is 0. The highest BCUT2D eigenvalue weighted by Crippen LogP contribution is 2.37. The summed E-state index contributed by atoms with van der Waals surface area (Å²) in [4.78, 5) is 23.5. The lowest BCUT2D eigenvalue weighted by Crippen LogP contribution is -2.14. The fourth-order valence-corrected chi connectivity index (χ4v) is 2.99. The molecule has 138 valence electrons. The van der Waals surface area contributed by atoms with Gasteiger partial charge in [-0.3, -0.25) is 4.79 Å². The average molecular weight is 439 g/mol. The number of nitrogens with one attached hydrogen (secondary N) is 1. The van der Waals surface area contributed by atoms with Gasteiger partial charge in [-0.2, -0.15) is 0 Å². The van der Waals surface area contributed by atoms with Crippen molar-refractivity contribution in [3.63, 3.8) is 0 Å². The number of amides is 1. The molecule has 0 saturated heterocycles. The molecule has 0 aliphatic heterocycles. The molecule has 2 rings (SSSR count). The Bertz CT molecular complexity index is 849. The fourth-order valence-electron chi connectivity index (χ4n) is 1.90. The zero-order valence-corrected chi connectivity index (χ0v) is 16.1. The minimum atomic E-state index is -0.678. The molecule has 0 aliphatic carbocycles. The van der Waals surface area contributed by atoms with Crippen molar-refractivity contribution in [2.24, 2.45) is 0 Å². The van der Waals surface area contributed by atoms with E-state index in [-0.39, 0.29) is 43.7 Å². The van der Waals surface area contributed by atoms with E-state index in [1.165, 1.54) is 31.4 Å². The molecule has 0 aliphatic rings. The molecular weight excluding hydrogens is 428 g/mol. The quantitative estimate of drug-likeness (QED) is 0.654. The van der Waals surface area contributed by atoms with Crippen LogP contribution in [-0.2, 0) is 9.53 Å². The van der Waals surface area contributed by atoms with Gasteiger partial charge < -0.3 is 19.9 Å². The molecule has 0 saturated carbocycles. The summed E-state index contributed by atoms with van der Waals surface area (Å²) >= 11 is 23.8. The maximum Gasteiger partial charge on any atom is 0.343 e. The van der Waals surface area contributed by atoms with Crippen molar-refractivity contribution in [3.8, 4) is 11.5 Å². The topological polar surface area (TPSA) is 84.9 Å². The largest absolute Gasteiger partial charge is 0.506 e. The Kier molecular flexibility index (Phi) is 6.83. The van der Waals surface area contributed by atoms with Crippen molar-refractivity contribution in [1.82, 2.24) is 0 Å². The third-order valence-corrected chi connectivity index (χ3v) is 4.16. The van der Waals surface area contributed by atoms with Crippen LogP contribution in [-0.4, -0.2) is 30.7 Å². The van der Waals surface area contributed by atoms with Crippen LogP contribution in [0.25, 0.3) is 0 Å². The number of ether oxygens (including phenoxy) is 2. The fraction of sp³-hybridized carbons (Fsp3) is 0.125. The lowest BCUT2D eigenvalue weighted by molar-refractivity contribution is -0.142. The van der Waals surface area contributed by atoms with Crippen molar-refractivity contribution in [1.29, 1.82) is 0 Å². The summed E-state index contributed by atoms with van der Waals surface area (Å²) in [5.74, 6) is -1.64. The molecule has 6 nitrogen and oxygen atoms in total. The standard InChI is InChI=1S/C16H11Cl4NO5/c1-25-13(22)6-26-15-11(19)4-8(5-12(15)20)21-16(24)9-2-7(17)3-10(18)14(9)23/h2-5,23H,6H2,1H3,(H,21,24). The van der Waals surface area contributed by atoms with E-state index in [1.807, 2.05) is 0 Å². The molecule has 26 heavy (non-hydrogen) atoms. The van der Waals surface area contributed by atoms with Gasteiger partial charge in [-0.25, -0.2) is 4.79 Å². The number of benzene rings is 2. The molecule has 0 fully saturated rings. The third-order valence-electron chi connectivity index (χ3n) is 3.09. The number of hydrogen-bond acceptors (Lipinski definition) is 5. The number of esters is 1. The smallest absolute Gasteiger partial charge is 0.343 e. The third kappa shape index (κ3) is 4.86. The second-order valence-electron chi connectivity index (χ2n) is 4.87. The molecule has 10 heteroatoms. The normalized spacial score (nSPS) is 10.3. The first-order valence-electron chi connectivity index (χ1n) is 6.91. The predicted molar refractivity (Wildman–Crippen MR) is 100 cm³/mol. The summed E-state index contributed by atoms with van der Waals surface area (Å²) in [5, 5.41) is 12.6. The van der Waals surface area contributed by atoms with Gasteiger partial charge >= 0.3 is 5.97 Å². The molecule has 0 heterocycles. The second-order valence-corrected chi connectivity index (χ2v) is 6.53. The van der Waals surface area contributed by atoms with Crippen LogP contribution in [0.15, 0.2) is 24.3 Å². The van der Waals surface area contributed by atoms with Crippen LogP contribution < -0.4 is 10.1 Å². The number of phenols is 1. The Hall–Kier alpha value is -1.86. The molecule has 0 atom stereocenters. The molecule has 1 amide bonds. The first kappa shape index (κ1) is 20.5. The molecule has 2 aromatic rings. The number of phenolic OH excluding ortho intramolecular Hbond substituents is 1. The summed E-state index contributed by atoms with van der Waals surface area (Å²) in [6, 6.07) is 5.29. The molecule has 2 N–H and O–H groups in total. The summed E-state index contributed by atoms with van der Waals surface area (Å²) in [7, 11) is 1.21. The van der Waals surface area contributed by atoms with E-state index in [1.54, 1.807) is 0 Å². The molecular formula is C16H11Cl4NO5. The van der Waals surface area contributed by atoms with Crippen molar-refractivity contribution in [2.75, 3.05) is 19.0 Å². The van der Waals surface area contributed by atoms with Crippen molar-refractivity contribution in [2.45, 2.75) is 0 Å². The lowest BCUT2D eigenvalue weighted by Gasteiger charge is -2.12. The van der Waals surface area contributed by atoms with E-state index in [4.69, 9.17) is 51.1 Å². The van der Waals surface area contributed by atoms with E-state index < -0.39 is 17.6 Å². The first-order valence-corrected chi connectivity index (χ1v) is 8.42. The molecule has 0 bridgehead atoms. The number of halogens is 4. The van der Waals surface area contributed by atoms with Crippen LogP contribution >= 0.6 is 46.4 Å².